The molecule has 1 aliphatic carbocycles. The molecular formula is C13H17N3O3. The molecule has 1 aromatic rings. The van der Waals surface area contributed by atoms with Gasteiger partial charge in [-0.2, -0.15) is 0 Å². The Morgan fingerprint density at radius 1 is 1.47 bits per heavy atom. The van der Waals surface area contributed by atoms with Crippen molar-refractivity contribution >= 4 is 17.3 Å². The van der Waals surface area contributed by atoms with Crippen molar-refractivity contribution in [2.75, 3.05) is 18.4 Å². The van der Waals surface area contributed by atoms with Gasteiger partial charge in [-0.3, -0.25) is 14.9 Å². The molecule has 2 rings (SSSR count). The highest BCUT2D eigenvalue weighted by Crippen LogP contribution is 2.27. The lowest BCUT2D eigenvalue weighted by molar-refractivity contribution is -0.384. The van der Waals surface area contributed by atoms with E-state index in [1.807, 2.05) is 0 Å². The second-order valence-electron chi connectivity index (χ2n) is 4.88. The number of hydrogen-bond donors (Lipinski definition) is 2. The molecule has 0 aromatic heterocycles. The van der Waals surface area contributed by atoms with E-state index < -0.39 is 4.92 Å². The molecule has 0 unspecified atom stereocenters. The highest BCUT2D eigenvalue weighted by molar-refractivity contribution is 5.93. The molecule has 0 bridgehead atoms. The first-order chi connectivity index (χ1) is 9.06. The molecule has 6 nitrogen and oxygen atoms in total. The van der Waals surface area contributed by atoms with E-state index in [9.17, 15) is 14.9 Å². The van der Waals surface area contributed by atoms with Crippen LogP contribution in [-0.2, 0) is 4.79 Å². The summed E-state index contributed by atoms with van der Waals surface area (Å²) in [5, 5.41) is 16.4. The van der Waals surface area contributed by atoms with E-state index in [2.05, 4.69) is 10.6 Å². The predicted octanol–water partition coefficient (Wildman–Crippen LogP) is 1.84. The molecule has 0 saturated heterocycles. The van der Waals surface area contributed by atoms with Crippen molar-refractivity contribution in [3.63, 3.8) is 0 Å². The molecule has 0 aliphatic heterocycles. The summed E-state index contributed by atoms with van der Waals surface area (Å²) < 4.78 is 0. The largest absolute Gasteiger partial charge is 0.325 e. The molecule has 6 heteroatoms. The average Bonchev–Trinajstić information content (AvgIpc) is 3.15. The van der Waals surface area contributed by atoms with Crippen molar-refractivity contribution < 1.29 is 9.72 Å². The van der Waals surface area contributed by atoms with E-state index in [4.69, 9.17) is 0 Å². The second kappa shape index (κ2) is 5.79. The van der Waals surface area contributed by atoms with E-state index >= 15 is 0 Å². The molecular weight excluding hydrogens is 246 g/mol. The molecule has 0 spiro atoms. The van der Waals surface area contributed by atoms with Crippen LogP contribution in [0.2, 0.25) is 0 Å². The lowest BCUT2D eigenvalue weighted by atomic mass is 10.2. The fraction of sp³-hybridized carbons (Fsp3) is 0.462. The summed E-state index contributed by atoms with van der Waals surface area (Å²) in [6, 6.07) is 4.40. The fourth-order valence-corrected chi connectivity index (χ4v) is 1.81. The van der Waals surface area contributed by atoms with E-state index in [0.29, 0.717) is 11.3 Å². The van der Waals surface area contributed by atoms with Crippen molar-refractivity contribution in [2.45, 2.75) is 19.8 Å². The van der Waals surface area contributed by atoms with Crippen molar-refractivity contribution in [3.8, 4) is 0 Å². The third-order valence-electron chi connectivity index (χ3n) is 3.11. The van der Waals surface area contributed by atoms with Crippen LogP contribution in [0.15, 0.2) is 18.2 Å². The summed E-state index contributed by atoms with van der Waals surface area (Å²) in [7, 11) is 0. The molecule has 0 atom stereocenters. The molecule has 19 heavy (non-hydrogen) atoms. The number of nitrogens with one attached hydrogen (secondary N) is 2. The van der Waals surface area contributed by atoms with E-state index in [1.54, 1.807) is 13.0 Å². The Bertz CT molecular complexity index is 498. The third-order valence-corrected chi connectivity index (χ3v) is 3.11. The Hall–Kier alpha value is -1.95. The Morgan fingerprint density at radius 2 is 2.21 bits per heavy atom. The third kappa shape index (κ3) is 4.03. The van der Waals surface area contributed by atoms with Crippen LogP contribution in [0.1, 0.15) is 18.4 Å². The van der Waals surface area contributed by atoms with Crippen molar-refractivity contribution in [1.29, 1.82) is 0 Å². The van der Waals surface area contributed by atoms with Crippen LogP contribution >= 0.6 is 0 Å². The minimum absolute atomic E-state index is 0.0300. The first kappa shape index (κ1) is 13.5. The first-order valence-corrected chi connectivity index (χ1v) is 6.32. The van der Waals surface area contributed by atoms with Gasteiger partial charge in [-0.25, -0.2) is 0 Å². The number of rotatable bonds is 6. The van der Waals surface area contributed by atoms with E-state index in [1.165, 1.54) is 25.0 Å². The smallest absolute Gasteiger partial charge is 0.269 e. The van der Waals surface area contributed by atoms with Crippen LogP contribution in [0.25, 0.3) is 0 Å². The van der Waals surface area contributed by atoms with E-state index in [-0.39, 0.29) is 18.1 Å². The van der Waals surface area contributed by atoms with Crippen LogP contribution in [0, 0.1) is 23.0 Å². The Balaban J connectivity index is 1.86. The zero-order chi connectivity index (χ0) is 13.8. The maximum atomic E-state index is 11.7. The van der Waals surface area contributed by atoms with Gasteiger partial charge in [-0.1, -0.05) is 0 Å². The fourth-order valence-electron chi connectivity index (χ4n) is 1.81. The molecule has 1 aliphatic rings. The maximum Gasteiger partial charge on any atom is 0.269 e. The van der Waals surface area contributed by atoms with Gasteiger partial charge in [0.1, 0.15) is 0 Å². The number of anilines is 1. The number of carbonyl (C=O) groups excluding carboxylic acids is 1. The number of amides is 1. The van der Waals surface area contributed by atoms with Crippen LogP contribution < -0.4 is 10.6 Å². The van der Waals surface area contributed by atoms with Gasteiger partial charge in [-0.15, -0.1) is 0 Å². The van der Waals surface area contributed by atoms with Gasteiger partial charge >= 0.3 is 0 Å². The predicted molar refractivity (Wildman–Crippen MR) is 72.1 cm³/mol. The maximum absolute atomic E-state index is 11.7. The highest BCUT2D eigenvalue weighted by Gasteiger charge is 2.20. The summed E-state index contributed by atoms with van der Waals surface area (Å²) >= 11 is 0. The normalized spacial score (nSPS) is 14.2. The van der Waals surface area contributed by atoms with Gasteiger partial charge in [0.2, 0.25) is 5.91 Å². The van der Waals surface area contributed by atoms with E-state index in [0.717, 1.165) is 12.5 Å². The van der Waals surface area contributed by atoms with Gasteiger partial charge in [0.05, 0.1) is 11.5 Å². The molecule has 1 amide bonds. The number of nitro groups is 1. The number of aryl methyl sites for hydroxylation is 1. The van der Waals surface area contributed by atoms with Crippen LogP contribution in [-0.4, -0.2) is 23.9 Å². The van der Waals surface area contributed by atoms with Crippen LogP contribution in [0.5, 0.6) is 0 Å². The summed E-state index contributed by atoms with van der Waals surface area (Å²) in [5.74, 6) is 0.603. The van der Waals surface area contributed by atoms with Gasteiger partial charge in [-0.05, 0) is 43.9 Å². The van der Waals surface area contributed by atoms with Crippen molar-refractivity contribution in [2.24, 2.45) is 5.92 Å². The standard InChI is InChI=1S/C13H17N3O3/c1-9-6-11(16(18)19)4-5-12(9)15-13(17)8-14-7-10-2-3-10/h4-6,10,14H,2-3,7-8H2,1H3,(H,15,17). The topological polar surface area (TPSA) is 84.3 Å². The number of non-ortho nitro benzene ring substituents is 1. The monoisotopic (exact) mass is 263 g/mol. The molecule has 1 saturated carbocycles. The summed E-state index contributed by atoms with van der Waals surface area (Å²) in [6.07, 6.45) is 2.49. The van der Waals surface area contributed by atoms with Crippen molar-refractivity contribution in [3.05, 3.63) is 33.9 Å². The lowest BCUT2D eigenvalue weighted by Gasteiger charge is -2.08. The highest BCUT2D eigenvalue weighted by atomic mass is 16.6. The Labute approximate surface area is 111 Å². The lowest BCUT2D eigenvalue weighted by Crippen LogP contribution is -2.29. The number of nitrogens with zero attached hydrogens (tertiary/aromatic N) is 1. The minimum Gasteiger partial charge on any atom is -0.325 e. The quantitative estimate of drug-likeness (QED) is 0.606. The zero-order valence-corrected chi connectivity index (χ0v) is 10.8. The molecule has 1 fully saturated rings. The van der Waals surface area contributed by atoms with Gasteiger partial charge in [0.15, 0.2) is 0 Å². The average molecular weight is 263 g/mol. The van der Waals surface area contributed by atoms with Crippen molar-refractivity contribution in [1.82, 2.24) is 5.32 Å². The molecule has 0 heterocycles. The summed E-state index contributed by atoms with van der Waals surface area (Å²) in [5.41, 5.74) is 1.33. The second-order valence-corrected chi connectivity index (χ2v) is 4.88. The van der Waals surface area contributed by atoms with Crippen LogP contribution in [0.4, 0.5) is 11.4 Å². The molecule has 2 N–H and O–H groups in total. The summed E-state index contributed by atoms with van der Waals surface area (Å²) in [4.78, 5) is 21.8. The van der Waals surface area contributed by atoms with Gasteiger partial charge in [0, 0.05) is 17.8 Å². The van der Waals surface area contributed by atoms with Crippen LogP contribution in [0.3, 0.4) is 0 Å². The minimum atomic E-state index is -0.449. The summed E-state index contributed by atoms with van der Waals surface area (Å²) in [6.45, 7) is 2.89. The number of hydrogen-bond acceptors (Lipinski definition) is 4. The zero-order valence-electron chi connectivity index (χ0n) is 10.8. The number of nitro benzene ring substituents is 1. The Kier molecular flexibility index (Phi) is 4.11. The molecule has 102 valence electrons. The number of carbonyl (C=O) groups is 1. The first-order valence-electron chi connectivity index (χ1n) is 6.32. The SMILES string of the molecule is Cc1cc([N+](=O)[O-])ccc1NC(=O)CNCC1CC1. The molecule has 1 aromatic carbocycles. The van der Waals surface area contributed by atoms with Gasteiger partial charge < -0.3 is 10.6 Å². The molecule has 0 radical (unpaired) electrons. The number of benzene rings is 1. The van der Waals surface area contributed by atoms with Gasteiger partial charge in [0.25, 0.3) is 5.69 Å². The Morgan fingerprint density at radius 3 is 2.79 bits per heavy atom.